The first-order valence-corrected chi connectivity index (χ1v) is 9.20. The third-order valence-electron chi connectivity index (χ3n) is 4.03. The van der Waals surface area contributed by atoms with Crippen LogP contribution in [0, 0.1) is 0 Å². The van der Waals surface area contributed by atoms with Crippen molar-refractivity contribution in [3.8, 4) is 16.2 Å². The maximum Gasteiger partial charge on any atom is 0.326 e. The van der Waals surface area contributed by atoms with E-state index < -0.39 is 5.97 Å². The smallest absolute Gasteiger partial charge is 0.326 e. The number of benzene rings is 1. The molecule has 0 bridgehead atoms. The zero-order valence-corrected chi connectivity index (χ0v) is 16.5. The molecule has 28 heavy (non-hydrogen) atoms. The van der Waals surface area contributed by atoms with Crippen molar-refractivity contribution >= 4 is 33.4 Å². The highest BCUT2D eigenvalue weighted by atomic mass is 32.1. The van der Waals surface area contributed by atoms with Crippen molar-refractivity contribution in [2.45, 2.75) is 6.54 Å². The summed E-state index contributed by atoms with van der Waals surface area (Å²) in [6, 6.07) is 9.33. The van der Waals surface area contributed by atoms with Crippen LogP contribution >= 0.6 is 11.3 Å². The van der Waals surface area contributed by atoms with Crippen LogP contribution in [-0.4, -0.2) is 54.1 Å². The van der Waals surface area contributed by atoms with Gasteiger partial charge in [0, 0.05) is 19.0 Å². The van der Waals surface area contributed by atoms with Crippen molar-refractivity contribution in [1.82, 2.24) is 14.5 Å². The van der Waals surface area contributed by atoms with E-state index in [1.807, 2.05) is 30.3 Å². The molecule has 0 radical (unpaired) electrons. The number of methoxy groups -OCH3 is 1. The summed E-state index contributed by atoms with van der Waals surface area (Å²) in [4.78, 5) is 42.6. The highest BCUT2D eigenvalue weighted by molar-refractivity contribution is 7.22. The Balaban J connectivity index is 1.80. The predicted molar refractivity (Wildman–Crippen MR) is 106 cm³/mol. The van der Waals surface area contributed by atoms with E-state index in [2.05, 4.69) is 4.98 Å². The Morgan fingerprint density at radius 1 is 1.21 bits per heavy atom. The van der Waals surface area contributed by atoms with Gasteiger partial charge in [-0.1, -0.05) is 0 Å². The van der Waals surface area contributed by atoms with Gasteiger partial charge < -0.3 is 14.4 Å². The normalized spacial score (nSPS) is 10.7. The second-order valence-corrected chi connectivity index (χ2v) is 7.23. The van der Waals surface area contributed by atoms with E-state index in [1.54, 1.807) is 21.2 Å². The molecule has 2 aromatic heterocycles. The molecule has 0 aliphatic heterocycles. The third kappa shape index (κ3) is 4.20. The van der Waals surface area contributed by atoms with E-state index in [4.69, 9.17) is 9.47 Å². The summed E-state index contributed by atoms with van der Waals surface area (Å²) in [7, 11) is 4.73. The first-order chi connectivity index (χ1) is 13.4. The van der Waals surface area contributed by atoms with Crippen LogP contribution in [0.1, 0.15) is 0 Å². The van der Waals surface area contributed by atoms with Crippen molar-refractivity contribution in [2.75, 3.05) is 27.8 Å². The average Bonchev–Trinajstić information content (AvgIpc) is 3.13. The molecule has 0 atom stereocenters. The van der Waals surface area contributed by atoms with Gasteiger partial charge in [0.2, 0.25) is 0 Å². The fourth-order valence-electron chi connectivity index (χ4n) is 2.41. The lowest BCUT2D eigenvalue weighted by Gasteiger charge is -2.10. The molecule has 1 aromatic carbocycles. The van der Waals surface area contributed by atoms with Crippen LogP contribution in [0.15, 0.2) is 41.5 Å². The number of aromatic nitrogens is 2. The Bertz CT molecular complexity index is 1070. The molecule has 0 unspecified atom stereocenters. The summed E-state index contributed by atoms with van der Waals surface area (Å²) in [6.45, 7) is -0.672. The summed E-state index contributed by atoms with van der Waals surface area (Å²) in [5, 5.41) is 0. The molecule has 9 heteroatoms. The van der Waals surface area contributed by atoms with Gasteiger partial charge in [0.05, 0.1) is 19.0 Å². The van der Waals surface area contributed by atoms with Crippen LogP contribution in [0.25, 0.3) is 20.7 Å². The third-order valence-corrected chi connectivity index (χ3v) is 5.19. The van der Waals surface area contributed by atoms with Gasteiger partial charge >= 0.3 is 5.97 Å². The quantitative estimate of drug-likeness (QED) is 0.585. The van der Waals surface area contributed by atoms with E-state index in [9.17, 15) is 14.4 Å². The number of nitrogens with zero attached hydrogens (tertiary/aromatic N) is 3. The molecule has 0 aliphatic carbocycles. The molecule has 0 spiro atoms. The monoisotopic (exact) mass is 401 g/mol. The Kier molecular flexibility index (Phi) is 5.74. The molecular formula is C19H19N3O5S. The molecule has 3 aromatic rings. The number of ether oxygens (including phenoxy) is 2. The van der Waals surface area contributed by atoms with Gasteiger partial charge in [0.25, 0.3) is 11.5 Å². The number of carbonyl (C=O) groups is 2. The molecule has 0 saturated heterocycles. The minimum absolute atomic E-state index is 0.307. The van der Waals surface area contributed by atoms with Gasteiger partial charge in [-0.15, -0.1) is 11.3 Å². The lowest BCUT2D eigenvalue weighted by atomic mass is 10.2. The van der Waals surface area contributed by atoms with Gasteiger partial charge in [-0.2, -0.15) is 0 Å². The number of carbonyl (C=O) groups excluding carboxylic acids is 2. The van der Waals surface area contributed by atoms with Crippen LogP contribution in [0.5, 0.6) is 5.75 Å². The molecule has 0 fully saturated rings. The number of amides is 1. The molecule has 0 N–H and O–H groups in total. The number of fused-ring (bicyclic) bond motifs is 1. The van der Waals surface area contributed by atoms with E-state index in [1.165, 1.54) is 27.1 Å². The maximum atomic E-state index is 12.7. The van der Waals surface area contributed by atoms with Crippen molar-refractivity contribution in [3.63, 3.8) is 0 Å². The SMILES string of the molecule is COc1ccc(-c2cc3ncn(CC(=O)OCC(=O)N(C)C)c(=O)c3s2)cc1. The van der Waals surface area contributed by atoms with E-state index in [0.717, 1.165) is 16.2 Å². The zero-order valence-electron chi connectivity index (χ0n) is 15.7. The van der Waals surface area contributed by atoms with Crippen molar-refractivity contribution in [2.24, 2.45) is 0 Å². The lowest BCUT2D eigenvalue weighted by molar-refractivity contribution is -0.151. The van der Waals surface area contributed by atoms with Crippen LogP contribution in [0.4, 0.5) is 0 Å². The van der Waals surface area contributed by atoms with E-state index >= 15 is 0 Å². The van der Waals surface area contributed by atoms with Crippen LogP contribution in [-0.2, 0) is 20.9 Å². The second-order valence-electron chi connectivity index (χ2n) is 6.18. The number of hydrogen-bond donors (Lipinski definition) is 0. The summed E-state index contributed by atoms with van der Waals surface area (Å²) >= 11 is 1.30. The number of rotatable bonds is 6. The fourth-order valence-corrected chi connectivity index (χ4v) is 3.48. The molecule has 0 saturated carbocycles. The Hall–Kier alpha value is -3.20. The molecular weight excluding hydrogens is 382 g/mol. The summed E-state index contributed by atoms with van der Waals surface area (Å²) in [6.07, 6.45) is 1.31. The fraction of sp³-hybridized carbons (Fsp3) is 0.263. The molecule has 2 heterocycles. The van der Waals surface area contributed by atoms with E-state index in [0.29, 0.717) is 10.2 Å². The minimum Gasteiger partial charge on any atom is -0.497 e. The minimum atomic E-state index is -0.676. The van der Waals surface area contributed by atoms with Gasteiger partial charge in [0.1, 0.15) is 17.0 Å². The standard InChI is InChI=1S/C19H19N3O5S/c1-21(2)16(23)10-27-17(24)9-22-11-20-14-8-15(28-18(14)19(22)25)12-4-6-13(26-3)7-5-12/h4-8,11H,9-10H2,1-3H3. The Morgan fingerprint density at radius 3 is 2.57 bits per heavy atom. The van der Waals surface area contributed by atoms with Gasteiger partial charge in [-0.3, -0.25) is 19.0 Å². The second kappa shape index (κ2) is 8.22. The highest BCUT2D eigenvalue weighted by Crippen LogP contribution is 2.31. The molecule has 3 rings (SSSR count). The molecule has 8 nitrogen and oxygen atoms in total. The zero-order chi connectivity index (χ0) is 20.3. The van der Waals surface area contributed by atoms with Crippen LogP contribution in [0.2, 0.25) is 0 Å². The number of likely N-dealkylation sites (N-methyl/N-ethyl adjacent to an activating group) is 1. The van der Waals surface area contributed by atoms with Gasteiger partial charge in [-0.25, -0.2) is 4.98 Å². The first-order valence-electron chi connectivity index (χ1n) is 8.38. The number of esters is 1. The molecule has 146 valence electrons. The van der Waals surface area contributed by atoms with Gasteiger partial charge in [-0.05, 0) is 35.9 Å². The average molecular weight is 401 g/mol. The van der Waals surface area contributed by atoms with Crippen molar-refractivity contribution < 1.29 is 19.1 Å². The summed E-state index contributed by atoms with van der Waals surface area (Å²) in [5.74, 6) is -0.265. The first kappa shape index (κ1) is 19.6. The summed E-state index contributed by atoms with van der Waals surface area (Å²) in [5.41, 5.74) is 1.18. The predicted octanol–water partition coefficient (Wildman–Crippen LogP) is 1.76. The van der Waals surface area contributed by atoms with Crippen molar-refractivity contribution in [1.29, 1.82) is 0 Å². The van der Waals surface area contributed by atoms with Crippen molar-refractivity contribution in [3.05, 3.63) is 47.0 Å². The number of thiophene rings is 1. The van der Waals surface area contributed by atoms with E-state index in [-0.39, 0.29) is 24.6 Å². The summed E-state index contributed by atoms with van der Waals surface area (Å²) < 4.78 is 11.7. The topological polar surface area (TPSA) is 90.7 Å². The Labute approximate surface area is 164 Å². The van der Waals surface area contributed by atoms with Gasteiger partial charge in [0.15, 0.2) is 6.61 Å². The highest BCUT2D eigenvalue weighted by Gasteiger charge is 2.14. The molecule has 0 aliphatic rings. The lowest BCUT2D eigenvalue weighted by Crippen LogP contribution is -2.30. The van der Waals surface area contributed by atoms with Crippen LogP contribution in [0.3, 0.4) is 0 Å². The number of hydrogen-bond acceptors (Lipinski definition) is 7. The maximum absolute atomic E-state index is 12.7. The largest absolute Gasteiger partial charge is 0.497 e. The van der Waals surface area contributed by atoms with Crippen LogP contribution < -0.4 is 10.3 Å². The molecule has 1 amide bonds. The Morgan fingerprint density at radius 2 is 1.93 bits per heavy atom.